The van der Waals surface area contributed by atoms with Crippen LogP contribution >= 0.6 is 0 Å². The van der Waals surface area contributed by atoms with Crippen molar-refractivity contribution in [2.45, 2.75) is 44.4 Å². The maximum absolute atomic E-state index is 13.4. The molecule has 180 valence electrons. The lowest BCUT2D eigenvalue weighted by atomic mass is 10.0. The minimum atomic E-state index is -4.60. The highest BCUT2D eigenvalue weighted by atomic mass is 19.4. The Morgan fingerprint density at radius 3 is 2.77 bits per heavy atom. The quantitative estimate of drug-likeness (QED) is 0.451. The zero-order valence-electron chi connectivity index (χ0n) is 18.6. The Balaban J connectivity index is 1.46. The first kappa shape index (κ1) is 21.8. The number of benzene rings is 1. The molecule has 2 aliphatic rings. The third-order valence-corrected chi connectivity index (χ3v) is 6.32. The first-order valence-electron chi connectivity index (χ1n) is 11.5. The fourth-order valence-electron chi connectivity index (χ4n) is 4.48. The molecule has 1 fully saturated rings. The maximum atomic E-state index is 13.4. The minimum Gasteiger partial charge on any atom is -0.324 e. The normalized spacial score (nSPS) is 15.9. The topological polar surface area (TPSA) is 89.7 Å². The number of rotatable bonds is 5. The van der Waals surface area contributed by atoms with Crippen LogP contribution < -0.4 is 16.2 Å². The van der Waals surface area contributed by atoms with E-state index in [9.17, 15) is 18.0 Å². The SMILES string of the molecule is O=c1c2cnc(Nc3ccc4c(c3)CCNC4)nc2n(-c2cccc(C3CC3)n2)n1CC(F)(F)F. The number of anilines is 2. The van der Waals surface area contributed by atoms with E-state index in [4.69, 9.17) is 0 Å². The van der Waals surface area contributed by atoms with Crippen LogP contribution in [0.3, 0.4) is 0 Å². The van der Waals surface area contributed by atoms with Gasteiger partial charge in [-0.05, 0) is 61.2 Å². The standard InChI is InChI=1S/C24H22F3N7O/c25-24(26,27)13-33-22(35)18-12-29-23(30-17-7-6-16-11-28-9-8-15(16)10-17)32-21(18)34(33)20-3-1-2-19(31-20)14-4-5-14/h1-3,6-7,10,12,14,28H,4-5,8-9,11,13H2,(H,29,30,32). The molecular formula is C24H22F3N7O. The molecule has 1 aromatic carbocycles. The van der Waals surface area contributed by atoms with Crippen LogP contribution in [0.25, 0.3) is 16.9 Å². The van der Waals surface area contributed by atoms with E-state index in [1.165, 1.54) is 17.3 Å². The molecule has 35 heavy (non-hydrogen) atoms. The van der Waals surface area contributed by atoms with Crippen molar-refractivity contribution in [3.8, 4) is 5.82 Å². The van der Waals surface area contributed by atoms with Crippen LogP contribution in [0.4, 0.5) is 24.8 Å². The summed E-state index contributed by atoms with van der Waals surface area (Å²) in [4.78, 5) is 26.2. The van der Waals surface area contributed by atoms with Crippen LogP contribution in [-0.2, 0) is 19.5 Å². The number of hydrogen-bond donors (Lipinski definition) is 2. The lowest BCUT2D eigenvalue weighted by molar-refractivity contribution is -0.144. The van der Waals surface area contributed by atoms with Gasteiger partial charge in [0.05, 0.1) is 0 Å². The highest BCUT2D eigenvalue weighted by Crippen LogP contribution is 2.39. The van der Waals surface area contributed by atoms with Crippen LogP contribution in [0, 0.1) is 0 Å². The minimum absolute atomic E-state index is 0.00468. The Labute approximate surface area is 197 Å². The van der Waals surface area contributed by atoms with E-state index in [1.54, 1.807) is 12.1 Å². The van der Waals surface area contributed by atoms with Gasteiger partial charge < -0.3 is 10.6 Å². The largest absolute Gasteiger partial charge is 0.408 e. The number of aromatic nitrogens is 5. The molecule has 3 aromatic heterocycles. The molecule has 6 rings (SSSR count). The summed E-state index contributed by atoms with van der Waals surface area (Å²) >= 11 is 0. The van der Waals surface area contributed by atoms with Crippen molar-refractivity contribution < 1.29 is 13.2 Å². The third-order valence-electron chi connectivity index (χ3n) is 6.32. The highest BCUT2D eigenvalue weighted by Gasteiger charge is 2.32. The molecule has 0 bridgehead atoms. The van der Waals surface area contributed by atoms with E-state index < -0.39 is 18.3 Å². The Morgan fingerprint density at radius 1 is 1.11 bits per heavy atom. The van der Waals surface area contributed by atoms with Gasteiger partial charge >= 0.3 is 6.18 Å². The molecule has 2 N–H and O–H groups in total. The average molecular weight is 481 g/mol. The van der Waals surface area contributed by atoms with Gasteiger partial charge in [0.2, 0.25) is 5.95 Å². The van der Waals surface area contributed by atoms with Crippen molar-refractivity contribution in [1.82, 2.24) is 29.6 Å². The second kappa shape index (κ2) is 8.19. The Kier molecular flexibility index (Phi) is 5.10. The van der Waals surface area contributed by atoms with Gasteiger partial charge in [-0.15, -0.1) is 0 Å². The molecule has 0 saturated heterocycles. The number of hydrogen-bond acceptors (Lipinski definition) is 6. The van der Waals surface area contributed by atoms with Gasteiger partial charge in [0.15, 0.2) is 11.5 Å². The van der Waals surface area contributed by atoms with E-state index in [0.717, 1.165) is 48.4 Å². The van der Waals surface area contributed by atoms with Crippen LogP contribution in [0.1, 0.15) is 35.6 Å². The predicted octanol–water partition coefficient (Wildman–Crippen LogP) is 3.81. The molecule has 0 spiro atoms. The molecular weight excluding hydrogens is 459 g/mol. The summed E-state index contributed by atoms with van der Waals surface area (Å²) in [6.07, 6.45) is -0.454. The van der Waals surface area contributed by atoms with Gasteiger partial charge in [-0.3, -0.25) is 4.79 Å². The van der Waals surface area contributed by atoms with E-state index in [-0.39, 0.29) is 22.8 Å². The summed E-state index contributed by atoms with van der Waals surface area (Å²) in [5.41, 5.74) is 3.25. The van der Waals surface area contributed by atoms with Gasteiger partial charge in [-0.1, -0.05) is 12.1 Å². The van der Waals surface area contributed by atoms with E-state index in [2.05, 4.69) is 25.6 Å². The van der Waals surface area contributed by atoms with E-state index in [0.29, 0.717) is 10.6 Å². The average Bonchev–Trinajstić information content (AvgIpc) is 3.65. The van der Waals surface area contributed by atoms with Crippen LogP contribution in [0.2, 0.25) is 0 Å². The van der Waals surface area contributed by atoms with Crippen molar-refractivity contribution in [1.29, 1.82) is 0 Å². The fraction of sp³-hybridized carbons (Fsp3) is 0.333. The second-order valence-corrected chi connectivity index (χ2v) is 8.95. The smallest absolute Gasteiger partial charge is 0.324 e. The first-order valence-corrected chi connectivity index (χ1v) is 11.5. The zero-order valence-corrected chi connectivity index (χ0v) is 18.6. The lowest BCUT2D eigenvalue weighted by Crippen LogP contribution is -2.30. The number of alkyl halides is 3. The molecule has 1 aliphatic carbocycles. The Bertz CT molecular complexity index is 1490. The van der Waals surface area contributed by atoms with Crippen LogP contribution in [-0.4, -0.2) is 37.0 Å². The van der Waals surface area contributed by atoms with Crippen molar-refractivity contribution in [2.75, 3.05) is 11.9 Å². The van der Waals surface area contributed by atoms with Gasteiger partial charge in [-0.2, -0.15) is 18.2 Å². The molecule has 8 nitrogen and oxygen atoms in total. The number of nitrogens with zero attached hydrogens (tertiary/aromatic N) is 5. The summed E-state index contributed by atoms with van der Waals surface area (Å²) in [6.45, 7) is 0.244. The lowest BCUT2D eigenvalue weighted by Gasteiger charge is -2.18. The van der Waals surface area contributed by atoms with Crippen molar-refractivity contribution in [3.63, 3.8) is 0 Å². The highest BCUT2D eigenvalue weighted by molar-refractivity contribution is 5.77. The molecule has 0 atom stereocenters. The summed E-state index contributed by atoms with van der Waals surface area (Å²) in [5, 5.41) is 6.45. The van der Waals surface area contributed by atoms with Gasteiger partial charge in [0.1, 0.15) is 11.9 Å². The molecule has 0 unspecified atom stereocenters. The van der Waals surface area contributed by atoms with Crippen molar-refractivity contribution in [3.05, 3.63) is 69.8 Å². The van der Waals surface area contributed by atoms with Crippen LogP contribution in [0.15, 0.2) is 47.4 Å². The fourth-order valence-corrected chi connectivity index (χ4v) is 4.48. The molecule has 1 aliphatic heterocycles. The maximum Gasteiger partial charge on any atom is 0.408 e. The monoisotopic (exact) mass is 481 g/mol. The summed E-state index contributed by atoms with van der Waals surface area (Å²) in [7, 11) is 0. The Morgan fingerprint density at radius 2 is 1.97 bits per heavy atom. The zero-order chi connectivity index (χ0) is 24.2. The summed E-state index contributed by atoms with van der Waals surface area (Å²) < 4.78 is 42.1. The Hall–Kier alpha value is -3.73. The van der Waals surface area contributed by atoms with E-state index >= 15 is 0 Å². The second-order valence-electron chi connectivity index (χ2n) is 8.95. The van der Waals surface area contributed by atoms with Crippen molar-refractivity contribution in [2.24, 2.45) is 0 Å². The molecule has 0 radical (unpaired) electrons. The molecule has 4 heterocycles. The van der Waals surface area contributed by atoms with Gasteiger partial charge in [0.25, 0.3) is 5.56 Å². The molecule has 11 heteroatoms. The van der Waals surface area contributed by atoms with E-state index in [1.807, 2.05) is 24.3 Å². The molecule has 4 aromatic rings. The van der Waals surface area contributed by atoms with Gasteiger partial charge in [0, 0.05) is 30.0 Å². The van der Waals surface area contributed by atoms with Crippen molar-refractivity contribution >= 4 is 22.7 Å². The number of nitrogens with one attached hydrogen (secondary N) is 2. The third kappa shape index (κ3) is 4.27. The number of fused-ring (bicyclic) bond motifs is 2. The number of pyridine rings is 1. The van der Waals surface area contributed by atoms with Crippen LogP contribution in [0.5, 0.6) is 0 Å². The summed E-state index contributed by atoms with van der Waals surface area (Å²) in [6, 6.07) is 11.1. The van der Waals surface area contributed by atoms with Gasteiger partial charge in [-0.25, -0.2) is 19.3 Å². The predicted molar refractivity (Wildman–Crippen MR) is 124 cm³/mol. The first-order chi connectivity index (χ1) is 16.9. The molecule has 0 amide bonds. The summed E-state index contributed by atoms with van der Waals surface area (Å²) in [5.74, 6) is 0.699. The number of halogens is 3. The molecule has 1 saturated carbocycles.